The van der Waals surface area contributed by atoms with Gasteiger partial charge in [-0.05, 0) is 31.0 Å². The molecule has 6 heteroatoms. The van der Waals surface area contributed by atoms with E-state index in [-0.39, 0.29) is 5.91 Å². The van der Waals surface area contributed by atoms with Crippen LogP contribution in [0.2, 0.25) is 0 Å². The molecule has 6 nitrogen and oxygen atoms in total. The van der Waals surface area contributed by atoms with Gasteiger partial charge in [-0.15, -0.1) is 0 Å². The molecule has 1 unspecified atom stereocenters. The van der Waals surface area contributed by atoms with Gasteiger partial charge in [0, 0.05) is 12.2 Å². The van der Waals surface area contributed by atoms with Gasteiger partial charge in [0.1, 0.15) is 11.8 Å². The fraction of sp³-hybridized carbons (Fsp3) is 0.385. The van der Waals surface area contributed by atoms with Crippen LogP contribution in [0.4, 0.5) is 5.69 Å². The molecule has 0 aromatic heterocycles. The van der Waals surface area contributed by atoms with Crippen molar-refractivity contribution in [3.8, 4) is 5.75 Å². The number of carbonyl (C=O) groups excluding carboxylic acids is 2. The highest BCUT2D eigenvalue weighted by Gasteiger charge is 2.33. The number of ether oxygens (including phenoxy) is 1. The fourth-order valence-electron chi connectivity index (χ4n) is 2.31. The van der Waals surface area contributed by atoms with Crippen LogP contribution in [0.5, 0.6) is 5.75 Å². The number of nitrogens with zero attached hydrogens (tertiary/aromatic N) is 1. The molecule has 0 bridgehead atoms. The molecule has 19 heavy (non-hydrogen) atoms. The Morgan fingerprint density at radius 1 is 1.42 bits per heavy atom. The van der Waals surface area contributed by atoms with Crippen LogP contribution in [0.25, 0.3) is 0 Å². The fourth-order valence-corrected chi connectivity index (χ4v) is 2.31. The number of likely N-dealkylation sites (tertiary alicyclic amines) is 1. The smallest absolute Gasteiger partial charge is 0.256 e. The highest BCUT2D eigenvalue weighted by Crippen LogP contribution is 2.25. The molecule has 1 atom stereocenters. The van der Waals surface area contributed by atoms with Gasteiger partial charge in [-0.25, -0.2) is 0 Å². The van der Waals surface area contributed by atoms with Crippen molar-refractivity contribution >= 4 is 17.5 Å². The van der Waals surface area contributed by atoms with Crippen LogP contribution in [0.3, 0.4) is 0 Å². The molecular weight excluding hydrogens is 246 g/mol. The molecule has 4 N–H and O–H groups in total. The van der Waals surface area contributed by atoms with Gasteiger partial charge in [0.25, 0.3) is 5.91 Å². The number of methoxy groups -OCH3 is 1. The largest absolute Gasteiger partial charge is 0.497 e. The average Bonchev–Trinajstić information content (AvgIpc) is 2.88. The predicted octanol–water partition coefficient (Wildman–Crippen LogP) is 0.367. The lowest BCUT2D eigenvalue weighted by molar-refractivity contribution is -0.121. The Balaban J connectivity index is 2.31. The molecule has 2 amide bonds. The minimum Gasteiger partial charge on any atom is -0.497 e. The third kappa shape index (κ3) is 2.47. The first-order valence-corrected chi connectivity index (χ1v) is 6.08. The zero-order chi connectivity index (χ0) is 14.0. The summed E-state index contributed by atoms with van der Waals surface area (Å²) >= 11 is 0. The number of amides is 2. The van der Waals surface area contributed by atoms with Gasteiger partial charge in [-0.1, -0.05) is 0 Å². The Bertz CT molecular complexity index is 516. The second kappa shape index (κ2) is 5.17. The summed E-state index contributed by atoms with van der Waals surface area (Å²) in [5.74, 6) is -0.211. The van der Waals surface area contributed by atoms with Crippen LogP contribution in [-0.4, -0.2) is 36.4 Å². The lowest BCUT2D eigenvalue weighted by Gasteiger charge is -2.23. The zero-order valence-electron chi connectivity index (χ0n) is 10.8. The summed E-state index contributed by atoms with van der Waals surface area (Å²) in [5.41, 5.74) is 11.8. The maximum atomic E-state index is 12.4. The number of nitrogen functional groups attached to an aromatic ring is 1. The minimum absolute atomic E-state index is 0.280. The topological polar surface area (TPSA) is 98.7 Å². The number of hydrogen-bond donors (Lipinski definition) is 2. The van der Waals surface area contributed by atoms with Crippen LogP contribution >= 0.6 is 0 Å². The Labute approximate surface area is 111 Å². The van der Waals surface area contributed by atoms with E-state index in [1.165, 1.54) is 12.0 Å². The lowest BCUT2D eigenvalue weighted by Crippen LogP contribution is -2.43. The summed E-state index contributed by atoms with van der Waals surface area (Å²) in [7, 11) is 1.52. The summed E-state index contributed by atoms with van der Waals surface area (Å²) in [6.07, 6.45) is 1.37. The molecule has 1 aliphatic heterocycles. The summed E-state index contributed by atoms with van der Waals surface area (Å²) in [6.45, 7) is 0.517. The van der Waals surface area contributed by atoms with Crippen molar-refractivity contribution in [3.05, 3.63) is 23.8 Å². The van der Waals surface area contributed by atoms with Crippen molar-refractivity contribution in [2.45, 2.75) is 18.9 Å². The molecule has 1 aromatic rings. The number of hydrogen-bond acceptors (Lipinski definition) is 4. The lowest BCUT2D eigenvalue weighted by atomic mass is 10.1. The van der Waals surface area contributed by atoms with E-state index in [1.54, 1.807) is 18.2 Å². The summed E-state index contributed by atoms with van der Waals surface area (Å²) in [4.78, 5) is 25.2. The second-order valence-electron chi connectivity index (χ2n) is 4.51. The number of carbonyl (C=O) groups is 2. The molecule has 0 spiro atoms. The van der Waals surface area contributed by atoms with E-state index in [1.807, 2.05) is 0 Å². The zero-order valence-corrected chi connectivity index (χ0v) is 10.8. The summed E-state index contributed by atoms with van der Waals surface area (Å²) < 4.78 is 5.08. The Kier molecular flexibility index (Phi) is 3.59. The van der Waals surface area contributed by atoms with Crippen molar-refractivity contribution < 1.29 is 14.3 Å². The van der Waals surface area contributed by atoms with Crippen LogP contribution < -0.4 is 16.2 Å². The van der Waals surface area contributed by atoms with Crippen molar-refractivity contribution in [2.24, 2.45) is 5.73 Å². The van der Waals surface area contributed by atoms with Gasteiger partial charge in [-0.3, -0.25) is 9.59 Å². The monoisotopic (exact) mass is 263 g/mol. The third-order valence-electron chi connectivity index (χ3n) is 3.33. The van der Waals surface area contributed by atoms with Gasteiger partial charge in [0.05, 0.1) is 12.7 Å². The molecule has 1 heterocycles. The maximum absolute atomic E-state index is 12.4. The molecule has 0 saturated carbocycles. The first-order chi connectivity index (χ1) is 9.04. The van der Waals surface area contributed by atoms with Gasteiger partial charge >= 0.3 is 0 Å². The number of anilines is 1. The van der Waals surface area contributed by atoms with Crippen molar-refractivity contribution in [1.29, 1.82) is 0 Å². The third-order valence-corrected chi connectivity index (χ3v) is 3.33. The van der Waals surface area contributed by atoms with Crippen molar-refractivity contribution in [2.75, 3.05) is 19.4 Å². The van der Waals surface area contributed by atoms with E-state index in [0.29, 0.717) is 30.0 Å². The molecule has 102 valence electrons. The highest BCUT2D eigenvalue weighted by atomic mass is 16.5. The summed E-state index contributed by atoms with van der Waals surface area (Å²) in [6, 6.07) is 4.33. The summed E-state index contributed by atoms with van der Waals surface area (Å²) in [5, 5.41) is 0. The molecule has 0 aliphatic carbocycles. The van der Waals surface area contributed by atoms with Gasteiger partial charge < -0.3 is 21.1 Å². The highest BCUT2D eigenvalue weighted by molar-refractivity contribution is 6.01. The first kappa shape index (κ1) is 13.2. The van der Waals surface area contributed by atoms with E-state index < -0.39 is 11.9 Å². The number of primary amides is 1. The quantitative estimate of drug-likeness (QED) is 0.769. The minimum atomic E-state index is -0.543. The van der Waals surface area contributed by atoms with E-state index in [4.69, 9.17) is 16.2 Å². The standard InChI is InChI=1S/C13H17N3O3/c1-19-8-4-5-10(14)9(7-8)13(18)16-6-2-3-11(16)12(15)17/h4-5,7,11H,2-3,6,14H2,1H3,(H2,15,17). The van der Waals surface area contributed by atoms with Crippen molar-refractivity contribution in [3.63, 3.8) is 0 Å². The number of nitrogens with two attached hydrogens (primary N) is 2. The molecule has 1 saturated heterocycles. The van der Waals surface area contributed by atoms with Gasteiger partial charge in [0.2, 0.25) is 5.91 Å². The molecular formula is C13H17N3O3. The number of rotatable bonds is 3. The van der Waals surface area contributed by atoms with Gasteiger partial charge in [-0.2, -0.15) is 0 Å². The van der Waals surface area contributed by atoms with Crippen LogP contribution in [0.15, 0.2) is 18.2 Å². The van der Waals surface area contributed by atoms with E-state index in [9.17, 15) is 9.59 Å². The second-order valence-corrected chi connectivity index (χ2v) is 4.51. The average molecular weight is 263 g/mol. The molecule has 1 aromatic carbocycles. The van der Waals surface area contributed by atoms with Crippen LogP contribution in [0.1, 0.15) is 23.2 Å². The van der Waals surface area contributed by atoms with Crippen molar-refractivity contribution in [1.82, 2.24) is 4.90 Å². The number of benzene rings is 1. The van der Waals surface area contributed by atoms with Gasteiger partial charge in [0.15, 0.2) is 0 Å². The van der Waals surface area contributed by atoms with E-state index in [2.05, 4.69) is 0 Å². The Hall–Kier alpha value is -2.24. The van der Waals surface area contributed by atoms with Crippen LogP contribution in [0, 0.1) is 0 Å². The van der Waals surface area contributed by atoms with Crippen LogP contribution in [-0.2, 0) is 4.79 Å². The SMILES string of the molecule is COc1ccc(N)c(C(=O)N2CCCC2C(N)=O)c1. The van der Waals surface area contributed by atoms with E-state index in [0.717, 1.165) is 6.42 Å². The normalized spacial score (nSPS) is 18.4. The molecule has 0 radical (unpaired) electrons. The predicted molar refractivity (Wildman–Crippen MR) is 70.7 cm³/mol. The Morgan fingerprint density at radius 3 is 2.79 bits per heavy atom. The molecule has 1 fully saturated rings. The Morgan fingerprint density at radius 2 is 2.16 bits per heavy atom. The molecule has 2 rings (SSSR count). The first-order valence-electron chi connectivity index (χ1n) is 6.08. The molecule has 1 aliphatic rings. The maximum Gasteiger partial charge on any atom is 0.256 e. The van der Waals surface area contributed by atoms with E-state index >= 15 is 0 Å².